The number of aromatic nitrogens is 3. The van der Waals surface area contributed by atoms with Gasteiger partial charge in [0.25, 0.3) is 5.91 Å². The van der Waals surface area contributed by atoms with Gasteiger partial charge in [-0.15, -0.1) is 0 Å². The third-order valence-electron chi connectivity index (χ3n) is 6.12. The molecule has 0 spiro atoms. The molecule has 3 heterocycles. The first-order chi connectivity index (χ1) is 16.1. The fourth-order valence-corrected chi connectivity index (χ4v) is 4.44. The van der Waals surface area contributed by atoms with Crippen molar-refractivity contribution >= 4 is 23.3 Å². The van der Waals surface area contributed by atoms with Gasteiger partial charge in [0.15, 0.2) is 0 Å². The number of alkyl halides is 3. The van der Waals surface area contributed by atoms with Crippen LogP contribution in [0.25, 0.3) is 5.69 Å². The average molecular weight is 492 g/mol. The summed E-state index contributed by atoms with van der Waals surface area (Å²) in [5.41, 5.74) is 1.11. The number of rotatable bonds is 5. The Labute approximate surface area is 200 Å². The van der Waals surface area contributed by atoms with Crippen LogP contribution in [0.15, 0.2) is 48.8 Å². The number of aryl methyl sites for hydroxylation is 1. The van der Waals surface area contributed by atoms with E-state index in [1.807, 2.05) is 17.9 Å². The first-order valence-electron chi connectivity index (χ1n) is 11.0. The van der Waals surface area contributed by atoms with Crippen molar-refractivity contribution in [1.82, 2.24) is 19.7 Å². The van der Waals surface area contributed by atoms with Crippen molar-refractivity contribution in [3.05, 3.63) is 70.6 Å². The van der Waals surface area contributed by atoms with Crippen molar-refractivity contribution in [2.24, 2.45) is 5.92 Å². The largest absolute Gasteiger partial charge is 0.417 e. The van der Waals surface area contributed by atoms with Crippen molar-refractivity contribution in [2.75, 3.05) is 18.4 Å². The molecule has 2 atom stereocenters. The van der Waals surface area contributed by atoms with Crippen molar-refractivity contribution in [1.29, 1.82) is 0 Å². The molecule has 1 amide bonds. The number of carbonyl (C=O) groups excluding carboxylic acids is 1. The minimum atomic E-state index is -4.44. The van der Waals surface area contributed by atoms with Crippen LogP contribution in [0.5, 0.6) is 0 Å². The van der Waals surface area contributed by atoms with Crippen LogP contribution in [0.2, 0.25) is 5.02 Å². The number of hydrogen-bond donors (Lipinski definition) is 1. The van der Waals surface area contributed by atoms with E-state index in [1.165, 1.54) is 6.07 Å². The number of halogens is 4. The van der Waals surface area contributed by atoms with E-state index in [1.54, 1.807) is 29.1 Å². The predicted molar refractivity (Wildman–Crippen MR) is 124 cm³/mol. The molecule has 1 N–H and O–H groups in total. The van der Waals surface area contributed by atoms with Crippen molar-refractivity contribution in [3.8, 4) is 5.69 Å². The summed E-state index contributed by atoms with van der Waals surface area (Å²) in [4.78, 5) is 19.4. The zero-order valence-corrected chi connectivity index (χ0v) is 19.6. The fourth-order valence-electron chi connectivity index (χ4n) is 4.27. The van der Waals surface area contributed by atoms with E-state index in [-0.39, 0.29) is 17.9 Å². The maximum atomic E-state index is 13.7. The van der Waals surface area contributed by atoms with Gasteiger partial charge in [-0.3, -0.25) is 4.79 Å². The highest BCUT2D eigenvalue weighted by molar-refractivity contribution is 6.31. The van der Waals surface area contributed by atoms with E-state index in [0.717, 1.165) is 30.8 Å². The molecule has 10 heteroatoms. The number of benzene rings is 1. The fraction of sp³-hybridized carbons (Fsp3) is 0.375. The zero-order valence-electron chi connectivity index (χ0n) is 18.8. The Morgan fingerprint density at radius 3 is 2.68 bits per heavy atom. The van der Waals surface area contributed by atoms with Crippen LogP contribution < -0.4 is 5.32 Å². The first kappa shape index (κ1) is 24.1. The predicted octanol–water partition coefficient (Wildman–Crippen LogP) is 5.60. The first-order valence-corrected chi connectivity index (χ1v) is 11.4. The Morgan fingerprint density at radius 2 is 2.03 bits per heavy atom. The molecule has 6 nitrogen and oxygen atoms in total. The Kier molecular flexibility index (Phi) is 6.84. The summed E-state index contributed by atoms with van der Waals surface area (Å²) in [5, 5.41) is 7.99. The molecule has 4 rings (SSSR count). The third kappa shape index (κ3) is 5.19. The molecule has 1 aliphatic heterocycles. The molecule has 0 aliphatic carbocycles. The lowest BCUT2D eigenvalue weighted by atomic mass is 9.90. The van der Waals surface area contributed by atoms with Crippen molar-refractivity contribution in [2.45, 2.75) is 38.9 Å². The molecular weight excluding hydrogens is 467 g/mol. The summed E-state index contributed by atoms with van der Waals surface area (Å²) in [6, 6.07) is 9.13. The van der Waals surface area contributed by atoms with Crippen LogP contribution in [-0.4, -0.2) is 44.7 Å². The van der Waals surface area contributed by atoms with Crippen LogP contribution in [0.1, 0.15) is 41.4 Å². The van der Waals surface area contributed by atoms with E-state index in [0.29, 0.717) is 35.2 Å². The van der Waals surface area contributed by atoms with Gasteiger partial charge in [-0.1, -0.05) is 18.5 Å². The zero-order chi connectivity index (χ0) is 24.5. The summed E-state index contributed by atoms with van der Waals surface area (Å²) in [7, 11) is 0. The van der Waals surface area contributed by atoms with Gasteiger partial charge in [0.05, 0.1) is 28.6 Å². The normalized spacial score (nSPS) is 18.7. The molecule has 1 aromatic carbocycles. The lowest BCUT2D eigenvalue weighted by Gasteiger charge is -2.40. The molecule has 34 heavy (non-hydrogen) atoms. The number of pyridine rings is 1. The van der Waals surface area contributed by atoms with Gasteiger partial charge >= 0.3 is 6.18 Å². The number of amides is 1. The van der Waals surface area contributed by atoms with Gasteiger partial charge in [-0.05, 0) is 62.1 Å². The van der Waals surface area contributed by atoms with Gasteiger partial charge < -0.3 is 10.2 Å². The highest BCUT2D eigenvalue weighted by atomic mass is 35.5. The lowest BCUT2D eigenvalue weighted by molar-refractivity contribution is -0.137. The summed E-state index contributed by atoms with van der Waals surface area (Å²) < 4.78 is 40.1. The van der Waals surface area contributed by atoms with Gasteiger partial charge in [-0.25, -0.2) is 9.67 Å². The summed E-state index contributed by atoms with van der Waals surface area (Å²) in [6.07, 6.45) is -0.0339. The van der Waals surface area contributed by atoms with Gasteiger partial charge in [0.2, 0.25) is 0 Å². The molecule has 1 saturated heterocycles. The maximum Gasteiger partial charge on any atom is 0.417 e. The Morgan fingerprint density at radius 1 is 1.24 bits per heavy atom. The van der Waals surface area contributed by atoms with Gasteiger partial charge in [-0.2, -0.15) is 18.3 Å². The monoisotopic (exact) mass is 491 g/mol. The molecule has 1 fully saturated rings. The number of hydrogen-bond acceptors (Lipinski definition) is 4. The van der Waals surface area contributed by atoms with Crippen LogP contribution in [0.4, 0.5) is 19.0 Å². The lowest BCUT2D eigenvalue weighted by Crippen LogP contribution is -2.51. The minimum absolute atomic E-state index is 0.163. The smallest absolute Gasteiger partial charge is 0.368 e. The molecule has 0 bridgehead atoms. The SMILES string of the molecule is Cc1ccn(-c2ccc(Cl)cc2C(=O)N2CCC[C@@H](C)[C@H]2CNc2ccc(C(F)(F)F)cn2)n1. The molecule has 0 radical (unpaired) electrons. The van der Waals surface area contributed by atoms with E-state index in [2.05, 4.69) is 22.3 Å². The van der Waals surface area contributed by atoms with Gasteiger partial charge in [0, 0.05) is 30.5 Å². The number of nitrogens with zero attached hydrogens (tertiary/aromatic N) is 4. The number of nitrogens with one attached hydrogen (secondary N) is 1. The van der Waals surface area contributed by atoms with Crippen LogP contribution >= 0.6 is 11.6 Å². The van der Waals surface area contributed by atoms with E-state index >= 15 is 0 Å². The molecule has 180 valence electrons. The number of piperidine rings is 1. The van der Waals surface area contributed by atoms with E-state index in [9.17, 15) is 18.0 Å². The Hall–Kier alpha value is -3.07. The second kappa shape index (κ2) is 9.66. The quantitative estimate of drug-likeness (QED) is 0.504. The molecule has 0 saturated carbocycles. The summed E-state index contributed by atoms with van der Waals surface area (Å²) >= 11 is 6.24. The Bertz CT molecular complexity index is 1160. The third-order valence-corrected chi connectivity index (χ3v) is 6.35. The molecule has 0 unspecified atom stereocenters. The van der Waals surface area contributed by atoms with E-state index < -0.39 is 11.7 Å². The molecule has 3 aromatic rings. The second-order valence-electron chi connectivity index (χ2n) is 8.56. The van der Waals surface area contributed by atoms with Crippen molar-refractivity contribution < 1.29 is 18.0 Å². The number of likely N-dealkylation sites (tertiary alicyclic amines) is 1. The van der Waals surface area contributed by atoms with Gasteiger partial charge in [0.1, 0.15) is 5.82 Å². The van der Waals surface area contributed by atoms with Crippen molar-refractivity contribution in [3.63, 3.8) is 0 Å². The number of carbonyl (C=O) groups is 1. The average Bonchev–Trinajstić information content (AvgIpc) is 3.23. The second-order valence-corrected chi connectivity index (χ2v) is 9.00. The van der Waals surface area contributed by atoms with Crippen LogP contribution in [0, 0.1) is 12.8 Å². The minimum Gasteiger partial charge on any atom is -0.368 e. The number of anilines is 1. The highest BCUT2D eigenvalue weighted by Gasteiger charge is 2.34. The highest BCUT2D eigenvalue weighted by Crippen LogP contribution is 2.30. The van der Waals surface area contributed by atoms with Crippen LogP contribution in [0.3, 0.4) is 0 Å². The summed E-state index contributed by atoms with van der Waals surface area (Å²) in [6.45, 7) is 4.88. The van der Waals surface area contributed by atoms with Crippen LogP contribution in [-0.2, 0) is 6.18 Å². The topological polar surface area (TPSA) is 63.1 Å². The Balaban J connectivity index is 1.57. The molecule has 2 aromatic heterocycles. The standard InChI is InChI=1S/C24H25ClF3N5O/c1-15-4-3-10-32(21(15)14-30-22-8-5-17(13-29-22)24(26,27)28)23(34)19-12-18(25)6-7-20(19)33-11-9-16(2)31-33/h5-9,11-13,15,21H,3-4,10,14H2,1-2H3,(H,29,30)/t15-,21-/m1/s1. The molecular formula is C24H25ClF3N5O. The summed E-state index contributed by atoms with van der Waals surface area (Å²) in [5.74, 6) is 0.354. The maximum absolute atomic E-state index is 13.7. The van der Waals surface area contributed by atoms with E-state index in [4.69, 9.17) is 11.6 Å². The molecule has 1 aliphatic rings.